The summed E-state index contributed by atoms with van der Waals surface area (Å²) in [6, 6.07) is 6.13. The van der Waals surface area contributed by atoms with Gasteiger partial charge in [-0.2, -0.15) is 0 Å². The number of carbonyl (C=O) groups excluding carboxylic acids is 3. The van der Waals surface area contributed by atoms with Crippen LogP contribution in [-0.4, -0.2) is 59.8 Å². The quantitative estimate of drug-likeness (QED) is 0.0529. The smallest absolute Gasteiger partial charge is 0.339 e. The number of methoxy groups -OCH3 is 1. The topological polar surface area (TPSA) is 111 Å². The minimum atomic E-state index is -2.63. The van der Waals surface area contributed by atoms with Gasteiger partial charge in [-0.05, 0) is 77.0 Å². The van der Waals surface area contributed by atoms with Crippen LogP contribution in [0, 0.1) is 5.92 Å². The van der Waals surface area contributed by atoms with Gasteiger partial charge >= 0.3 is 11.9 Å². The van der Waals surface area contributed by atoms with Gasteiger partial charge in [0.15, 0.2) is 5.60 Å². The van der Waals surface area contributed by atoms with E-state index in [4.69, 9.17) is 14.2 Å². The first-order chi connectivity index (χ1) is 24.1. The fraction of sp³-hybridized carbons (Fsp3) is 0.732. The first-order valence-electron chi connectivity index (χ1n) is 19.2. The van der Waals surface area contributed by atoms with Crippen LogP contribution in [0.25, 0.3) is 0 Å². The zero-order chi connectivity index (χ0) is 38.3. The molecule has 1 aromatic rings. The lowest BCUT2D eigenvalue weighted by molar-refractivity contribution is -0.184. The van der Waals surface area contributed by atoms with Crippen LogP contribution >= 0.6 is 0 Å². The number of allylic oxidation sites excluding steroid dienone is 1. The number of rotatable bonds is 27. The summed E-state index contributed by atoms with van der Waals surface area (Å²) in [6.45, 7) is 11.6. The van der Waals surface area contributed by atoms with Gasteiger partial charge in [0.2, 0.25) is 11.8 Å². The molecule has 3 atom stereocenters. The molecule has 0 fully saturated rings. The fourth-order valence-corrected chi connectivity index (χ4v) is 5.83. The van der Waals surface area contributed by atoms with Crippen LogP contribution in [-0.2, 0) is 30.3 Å². The summed E-state index contributed by atoms with van der Waals surface area (Å²) in [5.41, 5.74) is -2.37. The highest BCUT2D eigenvalue weighted by atomic mass is 19.3. The van der Waals surface area contributed by atoms with Crippen LogP contribution in [0.5, 0.6) is 5.75 Å². The van der Waals surface area contributed by atoms with Gasteiger partial charge in [-0.3, -0.25) is 4.79 Å². The van der Waals surface area contributed by atoms with E-state index < -0.39 is 46.9 Å². The Morgan fingerprint density at radius 1 is 0.824 bits per heavy atom. The van der Waals surface area contributed by atoms with E-state index in [1.807, 2.05) is 12.1 Å². The first-order valence-corrected chi connectivity index (χ1v) is 19.2. The van der Waals surface area contributed by atoms with E-state index in [9.17, 15) is 28.3 Å². The fourth-order valence-electron chi connectivity index (χ4n) is 5.83. The number of nitrogens with one attached hydrogen (secondary N) is 1. The molecule has 10 heteroatoms. The van der Waals surface area contributed by atoms with Crippen molar-refractivity contribution in [1.29, 1.82) is 0 Å². The second-order valence-corrected chi connectivity index (χ2v) is 14.7. The average molecular weight is 724 g/mol. The molecule has 1 aromatic carbocycles. The van der Waals surface area contributed by atoms with Crippen molar-refractivity contribution in [3.63, 3.8) is 0 Å². The molecule has 292 valence electrons. The highest BCUT2D eigenvalue weighted by Crippen LogP contribution is 2.31. The third-order valence-electron chi connectivity index (χ3n) is 8.75. The largest absolute Gasteiger partial charge is 0.494 e. The number of amides is 1. The molecule has 0 spiro atoms. The molecular formula is C41H67F2NO7. The molecule has 0 saturated heterocycles. The summed E-state index contributed by atoms with van der Waals surface area (Å²) in [6.07, 6.45) is 13.1. The van der Waals surface area contributed by atoms with Crippen molar-refractivity contribution in [2.45, 2.75) is 174 Å². The normalized spacial score (nSPS) is 14.5. The van der Waals surface area contributed by atoms with Gasteiger partial charge in [-0.15, -0.1) is 0 Å². The Bertz CT molecular complexity index is 1170. The molecule has 0 heterocycles. The van der Waals surface area contributed by atoms with Gasteiger partial charge in [-0.25, -0.2) is 18.4 Å². The van der Waals surface area contributed by atoms with Crippen LogP contribution < -0.4 is 10.1 Å². The minimum Gasteiger partial charge on any atom is -0.494 e. The summed E-state index contributed by atoms with van der Waals surface area (Å²) < 4.78 is 44.9. The van der Waals surface area contributed by atoms with Crippen molar-refractivity contribution in [2.75, 3.05) is 13.7 Å². The number of ether oxygens (including phenoxy) is 3. The number of unbranched alkanes of at least 4 members (excludes halogenated alkanes) is 9. The molecule has 0 aliphatic heterocycles. The van der Waals surface area contributed by atoms with Gasteiger partial charge in [0.05, 0.1) is 19.6 Å². The third kappa shape index (κ3) is 18.9. The maximum atomic E-state index is 14.3. The van der Waals surface area contributed by atoms with E-state index in [0.29, 0.717) is 50.9 Å². The number of carbonyl (C=O) groups is 3. The number of halogens is 2. The number of hydrogen-bond acceptors (Lipinski definition) is 7. The Labute approximate surface area is 306 Å². The molecule has 51 heavy (non-hydrogen) atoms. The molecule has 0 bridgehead atoms. The molecule has 0 aromatic heterocycles. The van der Waals surface area contributed by atoms with Crippen LogP contribution in [0.2, 0.25) is 0 Å². The molecule has 2 N–H and O–H groups in total. The van der Waals surface area contributed by atoms with Gasteiger partial charge in [0, 0.05) is 19.3 Å². The lowest BCUT2D eigenvalue weighted by Gasteiger charge is -2.34. The van der Waals surface area contributed by atoms with E-state index in [2.05, 4.69) is 19.2 Å². The second kappa shape index (κ2) is 24.3. The number of benzene rings is 1. The number of esters is 2. The van der Waals surface area contributed by atoms with E-state index in [1.54, 1.807) is 45.9 Å². The molecule has 0 saturated carbocycles. The Morgan fingerprint density at radius 2 is 1.41 bits per heavy atom. The van der Waals surface area contributed by atoms with E-state index >= 15 is 0 Å². The summed E-state index contributed by atoms with van der Waals surface area (Å²) in [5.74, 6) is -5.63. The summed E-state index contributed by atoms with van der Waals surface area (Å²) in [7, 11) is 1.23. The molecule has 0 aliphatic carbocycles. The molecule has 8 nitrogen and oxygen atoms in total. The summed E-state index contributed by atoms with van der Waals surface area (Å²) in [4.78, 5) is 40.3. The van der Waals surface area contributed by atoms with E-state index in [1.165, 1.54) is 13.2 Å². The Hall–Kier alpha value is -3.01. The average Bonchev–Trinajstić information content (AvgIpc) is 3.06. The zero-order valence-corrected chi connectivity index (χ0v) is 32.5. The highest BCUT2D eigenvalue weighted by molar-refractivity contribution is 5.93. The Kier molecular flexibility index (Phi) is 21.9. The maximum Gasteiger partial charge on any atom is 0.339 e. The zero-order valence-electron chi connectivity index (χ0n) is 32.5. The SMILES string of the molecule is CCCCCCCC(F)(F)CCCCCCC=C[C@H](C(=O)NC(Cc1ccc(OCCCC)cc1)C(=O)OC)[C@@](O)(CCC)C(=O)OC(C)(C)C. The lowest BCUT2D eigenvalue weighted by Crippen LogP contribution is -2.56. The van der Waals surface area contributed by atoms with Crippen LogP contribution in [0.4, 0.5) is 8.78 Å². The van der Waals surface area contributed by atoms with Crippen molar-refractivity contribution in [1.82, 2.24) is 5.32 Å². The van der Waals surface area contributed by atoms with Gasteiger partial charge in [0.25, 0.3) is 0 Å². The predicted molar refractivity (Wildman–Crippen MR) is 199 cm³/mol. The second-order valence-electron chi connectivity index (χ2n) is 14.7. The Morgan fingerprint density at radius 3 is 1.96 bits per heavy atom. The molecule has 1 unspecified atom stereocenters. The van der Waals surface area contributed by atoms with E-state index in [-0.39, 0.29) is 25.7 Å². The first kappa shape index (κ1) is 46.0. The van der Waals surface area contributed by atoms with Crippen molar-refractivity contribution < 1.29 is 42.5 Å². The van der Waals surface area contributed by atoms with Crippen molar-refractivity contribution in [3.8, 4) is 5.75 Å². The van der Waals surface area contributed by atoms with Crippen LogP contribution in [0.3, 0.4) is 0 Å². The number of hydrogen-bond donors (Lipinski definition) is 2. The van der Waals surface area contributed by atoms with E-state index in [0.717, 1.165) is 50.5 Å². The molecular weight excluding hydrogens is 656 g/mol. The molecule has 1 amide bonds. The highest BCUT2D eigenvalue weighted by Gasteiger charge is 2.49. The maximum absolute atomic E-state index is 14.3. The molecule has 0 aliphatic rings. The lowest BCUT2D eigenvalue weighted by atomic mass is 9.81. The standard InChI is InChI=1S/C41H67F2NO7/c1-8-11-13-17-20-28-40(42,43)29-21-18-15-14-16-19-22-34(41(48,27-10-3)38(47)51-39(4,5)6)36(45)44-35(37(46)49-7)31-32-23-25-33(26-24-32)50-30-12-9-2/h19,22-26,34-35,48H,8-18,20-21,27-31H2,1-7H3,(H,44,45)/t34-,35?,41+/m1/s1. The van der Waals surface area contributed by atoms with Crippen LogP contribution in [0.15, 0.2) is 36.4 Å². The molecule has 1 rings (SSSR count). The van der Waals surface area contributed by atoms with Crippen molar-refractivity contribution in [2.24, 2.45) is 5.92 Å². The van der Waals surface area contributed by atoms with Gasteiger partial charge in [0.1, 0.15) is 17.4 Å². The molecule has 0 radical (unpaired) electrons. The third-order valence-corrected chi connectivity index (χ3v) is 8.75. The van der Waals surface area contributed by atoms with Crippen LogP contribution in [0.1, 0.15) is 150 Å². The Balaban J connectivity index is 3.04. The predicted octanol–water partition coefficient (Wildman–Crippen LogP) is 9.45. The number of alkyl halides is 2. The summed E-state index contributed by atoms with van der Waals surface area (Å²) >= 11 is 0. The number of aliphatic hydroxyl groups is 1. The van der Waals surface area contributed by atoms with Crippen molar-refractivity contribution >= 4 is 17.8 Å². The van der Waals surface area contributed by atoms with Crippen molar-refractivity contribution in [3.05, 3.63) is 42.0 Å². The minimum absolute atomic E-state index is 0.0560. The monoisotopic (exact) mass is 723 g/mol. The van der Waals surface area contributed by atoms with Gasteiger partial charge in [-0.1, -0.05) is 96.4 Å². The summed E-state index contributed by atoms with van der Waals surface area (Å²) in [5, 5.41) is 14.6. The van der Waals surface area contributed by atoms with Gasteiger partial charge < -0.3 is 24.6 Å².